The van der Waals surface area contributed by atoms with Crippen molar-refractivity contribution in [1.29, 1.82) is 0 Å². The third-order valence-corrected chi connectivity index (χ3v) is 4.79. The van der Waals surface area contributed by atoms with Gasteiger partial charge in [0.15, 0.2) is 0 Å². The first-order valence-electron chi connectivity index (χ1n) is 8.85. The molecule has 0 aliphatic rings. The van der Waals surface area contributed by atoms with Crippen LogP contribution in [-0.2, 0) is 28.8 Å². The van der Waals surface area contributed by atoms with Crippen LogP contribution in [0.5, 0.6) is 0 Å². The first-order chi connectivity index (χ1) is 14.4. The summed E-state index contributed by atoms with van der Waals surface area (Å²) in [6, 6.07) is -5.70. The van der Waals surface area contributed by atoms with E-state index in [0.29, 0.717) is 5.75 Å². The van der Waals surface area contributed by atoms with Crippen LogP contribution in [0.15, 0.2) is 0 Å². The average molecular weight is 483 g/mol. The first-order valence-corrected chi connectivity index (χ1v) is 10.9. The van der Waals surface area contributed by atoms with E-state index in [0.717, 1.165) is 0 Å². The smallest absolute Gasteiger partial charge is 0.327 e. The maximum absolute atomic E-state index is 12.6. The lowest BCUT2D eigenvalue weighted by Crippen LogP contribution is -2.57. The number of aliphatic carboxylic acids is 3. The largest absolute Gasteiger partial charge is 0.481 e. The van der Waals surface area contributed by atoms with Gasteiger partial charge in [0.1, 0.15) is 18.1 Å². The molecule has 0 aromatic rings. The van der Waals surface area contributed by atoms with Crippen molar-refractivity contribution >= 4 is 60.0 Å². The molecule has 4 atom stereocenters. The predicted molar refractivity (Wildman–Crippen MR) is 113 cm³/mol. The molecule has 0 aliphatic heterocycles. The number of carbonyl (C=O) groups excluding carboxylic acids is 3. The highest BCUT2D eigenvalue weighted by Crippen LogP contribution is 2.04. The minimum Gasteiger partial charge on any atom is -0.481 e. The summed E-state index contributed by atoms with van der Waals surface area (Å²) in [6.45, 7) is 0. The van der Waals surface area contributed by atoms with Gasteiger partial charge in [-0.25, -0.2) is 4.79 Å². The summed E-state index contributed by atoms with van der Waals surface area (Å²) < 4.78 is 0. The highest BCUT2D eigenvalue weighted by atomic mass is 32.2. The van der Waals surface area contributed by atoms with E-state index in [9.17, 15) is 28.8 Å². The minimum atomic E-state index is -1.63. The molecule has 15 heteroatoms. The first kappa shape index (κ1) is 28.5. The van der Waals surface area contributed by atoms with Crippen LogP contribution >= 0.6 is 24.4 Å². The molecule has 0 aromatic heterocycles. The Hall–Kier alpha value is -2.52. The molecule has 8 N–H and O–H groups in total. The van der Waals surface area contributed by atoms with Gasteiger partial charge < -0.3 is 37.0 Å². The zero-order valence-corrected chi connectivity index (χ0v) is 18.3. The summed E-state index contributed by atoms with van der Waals surface area (Å²) >= 11 is 5.13. The van der Waals surface area contributed by atoms with Crippen LogP contribution < -0.4 is 21.7 Å². The van der Waals surface area contributed by atoms with Gasteiger partial charge in [-0.1, -0.05) is 0 Å². The normalized spacial score (nSPS) is 14.4. The average Bonchev–Trinajstić information content (AvgIpc) is 2.66. The monoisotopic (exact) mass is 482 g/mol. The molecule has 0 radical (unpaired) electrons. The Morgan fingerprint density at radius 1 is 0.839 bits per heavy atom. The predicted octanol–water partition coefficient (Wildman–Crippen LogP) is -2.51. The van der Waals surface area contributed by atoms with Crippen molar-refractivity contribution in [2.75, 3.05) is 17.8 Å². The maximum Gasteiger partial charge on any atom is 0.327 e. The van der Waals surface area contributed by atoms with Crippen LogP contribution in [0.3, 0.4) is 0 Å². The van der Waals surface area contributed by atoms with E-state index in [-0.39, 0.29) is 12.2 Å². The van der Waals surface area contributed by atoms with E-state index in [2.05, 4.69) is 28.6 Å². The molecule has 0 fully saturated rings. The summed E-state index contributed by atoms with van der Waals surface area (Å²) in [4.78, 5) is 69.9. The molecule has 3 amide bonds. The Bertz CT molecular complexity index is 692. The summed E-state index contributed by atoms with van der Waals surface area (Å²) in [6.07, 6.45) is 0.288. The number of carboxylic acids is 3. The van der Waals surface area contributed by atoms with Gasteiger partial charge in [-0.2, -0.15) is 24.4 Å². The van der Waals surface area contributed by atoms with Gasteiger partial charge in [0.2, 0.25) is 17.7 Å². The Morgan fingerprint density at radius 2 is 1.32 bits per heavy atom. The van der Waals surface area contributed by atoms with Crippen molar-refractivity contribution in [3.8, 4) is 0 Å². The van der Waals surface area contributed by atoms with Crippen LogP contribution in [0.1, 0.15) is 19.3 Å². The van der Waals surface area contributed by atoms with Crippen molar-refractivity contribution < 1.29 is 44.1 Å². The molecular weight excluding hydrogens is 456 g/mol. The molecule has 0 saturated carbocycles. The number of thiol groups is 1. The van der Waals surface area contributed by atoms with Crippen molar-refractivity contribution in [2.24, 2.45) is 5.73 Å². The fourth-order valence-electron chi connectivity index (χ4n) is 2.18. The SMILES string of the molecule is CSCCC(NC(=O)C(N)CC(=O)O)C(=O)NC(CC(=O)O)C(=O)NC(CS)C(=O)O. The third-order valence-electron chi connectivity index (χ3n) is 3.78. The highest BCUT2D eigenvalue weighted by molar-refractivity contribution is 7.98. The molecule has 0 aliphatic carbocycles. The fourth-order valence-corrected chi connectivity index (χ4v) is 2.90. The van der Waals surface area contributed by atoms with E-state index < -0.39 is 72.6 Å². The van der Waals surface area contributed by atoms with E-state index in [4.69, 9.17) is 21.1 Å². The lowest BCUT2D eigenvalue weighted by molar-refractivity contribution is -0.143. The Labute approximate surface area is 187 Å². The molecular formula is C16H26N4O9S2. The van der Waals surface area contributed by atoms with E-state index in [1.807, 2.05) is 0 Å². The second kappa shape index (κ2) is 14.5. The number of thioether (sulfide) groups is 1. The topological polar surface area (TPSA) is 225 Å². The van der Waals surface area contributed by atoms with Crippen molar-refractivity contribution in [3.63, 3.8) is 0 Å². The number of amides is 3. The highest BCUT2D eigenvalue weighted by Gasteiger charge is 2.31. The second-order valence-electron chi connectivity index (χ2n) is 6.29. The zero-order chi connectivity index (χ0) is 24.1. The number of nitrogens with two attached hydrogens (primary N) is 1. The lowest BCUT2D eigenvalue weighted by Gasteiger charge is -2.24. The van der Waals surface area contributed by atoms with Gasteiger partial charge in [-0.05, 0) is 18.4 Å². The second-order valence-corrected chi connectivity index (χ2v) is 7.64. The molecule has 176 valence electrons. The van der Waals surface area contributed by atoms with E-state index in [1.54, 1.807) is 6.26 Å². The Kier molecular flexibility index (Phi) is 13.3. The number of nitrogens with one attached hydrogen (secondary N) is 3. The van der Waals surface area contributed by atoms with E-state index >= 15 is 0 Å². The van der Waals surface area contributed by atoms with Crippen LogP contribution in [0.2, 0.25) is 0 Å². The summed E-state index contributed by atoms with van der Waals surface area (Å²) in [5.41, 5.74) is 5.47. The molecule has 0 heterocycles. The number of hydrogen-bond acceptors (Lipinski definition) is 9. The van der Waals surface area contributed by atoms with Crippen molar-refractivity contribution in [2.45, 2.75) is 43.4 Å². The van der Waals surface area contributed by atoms with Crippen LogP contribution in [0.4, 0.5) is 0 Å². The number of carbonyl (C=O) groups is 6. The zero-order valence-electron chi connectivity index (χ0n) is 16.6. The molecule has 0 saturated heterocycles. The standard InChI is InChI=1S/C16H26N4O9S2/c1-31-3-2-8(18-13(25)7(17)4-11(21)22)14(26)19-9(5-12(23)24)15(27)20-10(6-30)16(28)29/h7-10,30H,2-6,17H2,1H3,(H,18,25)(H,19,26)(H,20,27)(H,21,22)(H,23,24)(H,28,29). The molecule has 0 rings (SSSR count). The number of carboxylic acid groups (broad SMARTS) is 3. The molecule has 0 spiro atoms. The fraction of sp³-hybridized carbons (Fsp3) is 0.625. The van der Waals surface area contributed by atoms with Gasteiger partial charge in [0.05, 0.1) is 18.9 Å². The van der Waals surface area contributed by atoms with Crippen LogP contribution in [0.25, 0.3) is 0 Å². The third kappa shape index (κ3) is 11.4. The molecule has 4 unspecified atom stereocenters. The molecule has 31 heavy (non-hydrogen) atoms. The quantitative estimate of drug-likeness (QED) is 0.114. The Morgan fingerprint density at radius 3 is 1.77 bits per heavy atom. The van der Waals surface area contributed by atoms with Crippen LogP contribution in [-0.4, -0.2) is 92.9 Å². The number of hydrogen-bond donors (Lipinski definition) is 8. The number of rotatable bonds is 15. The van der Waals surface area contributed by atoms with Gasteiger partial charge in [-0.3, -0.25) is 24.0 Å². The van der Waals surface area contributed by atoms with E-state index in [1.165, 1.54) is 11.8 Å². The molecule has 0 bridgehead atoms. The summed E-state index contributed by atoms with van der Waals surface area (Å²) in [5.74, 6) is -6.93. The summed E-state index contributed by atoms with van der Waals surface area (Å²) in [5, 5.41) is 33.3. The summed E-state index contributed by atoms with van der Waals surface area (Å²) in [7, 11) is 0. The molecule has 13 nitrogen and oxygen atoms in total. The van der Waals surface area contributed by atoms with Crippen molar-refractivity contribution in [1.82, 2.24) is 16.0 Å². The van der Waals surface area contributed by atoms with Crippen molar-refractivity contribution in [3.05, 3.63) is 0 Å². The molecule has 0 aromatic carbocycles. The lowest BCUT2D eigenvalue weighted by atomic mass is 10.1. The Balaban J connectivity index is 5.40. The van der Waals surface area contributed by atoms with Gasteiger partial charge in [0, 0.05) is 5.75 Å². The van der Waals surface area contributed by atoms with Crippen LogP contribution in [0, 0.1) is 0 Å². The minimum absolute atomic E-state index is 0.0777. The van der Waals surface area contributed by atoms with Gasteiger partial charge in [-0.15, -0.1) is 0 Å². The van der Waals surface area contributed by atoms with Gasteiger partial charge in [0.25, 0.3) is 0 Å². The maximum atomic E-state index is 12.6. The van der Waals surface area contributed by atoms with Gasteiger partial charge >= 0.3 is 17.9 Å².